The number of benzene rings is 2. The summed E-state index contributed by atoms with van der Waals surface area (Å²) in [6, 6.07) is 11.5. The van der Waals surface area contributed by atoms with Crippen LogP contribution in [0.15, 0.2) is 46.6 Å². The van der Waals surface area contributed by atoms with E-state index in [1.165, 1.54) is 0 Å². The monoisotopic (exact) mass is 240 g/mol. The first-order valence-electron chi connectivity index (χ1n) is 5.85. The second kappa shape index (κ2) is 5.00. The summed E-state index contributed by atoms with van der Waals surface area (Å²) in [4.78, 5) is 0. The summed E-state index contributed by atoms with van der Waals surface area (Å²) in [5.41, 5.74) is 4.34. The molecule has 0 amide bonds. The molecule has 0 aliphatic carbocycles. The number of aryl methyl sites for hydroxylation is 3. The molecule has 18 heavy (non-hydrogen) atoms. The highest BCUT2D eigenvalue weighted by molar-refractivity contribution is 5.52. The zero-order valence-electron chi connectivity index (χ0n) is 10.8. The minimum absolute atomic E-state index is 0.324. The van der Waals surface area contributed by atoms with Gasteiger partial charge < -0.3 is 5.11 Å². The lowest BCUT2D eigenvalue weighted by molar-refractivity contribution is 0.467. The molecule has 0 aliphatic rings. The molecule has 0 aromatic heterocycles. The molecule has 2 aromatic carbocycles. The average Bonchev–Trinajstić information content (AvgIpc) is 2.35. The summed E-state index contributed by atoms with van der Waals surface area (Å²) in [6.07, 6.45) is 0. The molecule has 0 bridgehead atoms. The van der Waals surface area contributed by atoms with Crippen molar-refractivity contribution in [3.05, 3.63) is 53.1 Å². The third-order valence-electron chi connectivity index (χ3n) is 2.86. The fraction of sp³-hybridized carbons (Fsp3) is 0.200. The number of azo groups is 1. The van der Waals surface area contributed by atoms with Crippen molar-refractivity contribution in [3.63, 3.8) is 0 Å². The molecule has 0 radical (unpaired) electrons. The van der Waals surface area contributed by atoms with Crippen molar-refractivity contribution in [1.82, 2.24) is 0 Å². The van der Waals surface area contributed by atoms with E-state index in [0.29, 0.717) is 5.75 Å². The molecule has 3 heteroatoms. The molecule has 0 fully saturated rings. The number of hydrogen-bond donors (Lipinski definition) is 1. The Morgan fingerprint density at radius 2 is 1.44 bits per heavy atom. The average molecular weight is 240 g/mol. The summed E-state index contributed by atoms with van der Waals surface area (Å²) in [5, 5.41) is 18.1. The van der Waals surface area contributed by atoms with Crippen LogP contribution in [0.2, 0.25) is 0 Å². The van der Waals surface area contributed by atoms with Gasteiger partial charge in [-0.05, 0) is 55.7 Å². The molecule has 2 rings (SSSR count). The predicted octanol–water partition coefficient (Wildman–Crippen LogP) is 4.73. The largest absolute Gasteiger partial charge is 0.507 e. The van der Waals surface area contributed by atoms with Crippen molar-refractivity contribution in [1.29, 1.82) is 0 Å². The van der Waals surface area contributed by atoms with Gasteiger partial charge in [0.1, 0.15) is 5.75 Å². The Morgan fingerprint density at radius 1 is 0.833 bits per heavy atom. The van der Waals surface area contributed by atoms with Crippen LogP contribution < -0.4 is 0 Å². The molecular weight excluding hydrogens is 224 g/mol. The number of aromatic hydroxyl groups is 1. The standard InChI is InChI=1S/C15H16N2O/c1-10-6-4-5-7-14(10)17-16-13-8-11(2)15(18)12(3)9-13/h4-9,18H,1-3H3. The third kappa shape index (κ3) is 2.56. The van der Waals surface area contributed by atoms with Gasteiger partial charge in [0.25, 0.3) is 0 Å². The Balaban J connectivity index is 2.33. The molecule has 0 saturated carbocycles. The lowest BCUT2D eigenvalue weighted by atomic mass is 10.1. The minimum atomic E-state index is 0.324. The molecule has 92 valence electrons. The van der Waals surface area contributed by atoms with Crippen molar-refractivity contribution >= 4 is 11.4 Å². The second-order valence-electron chi connectivity index (χ2n) is 4.41. The van der Waals surface area contributed by atoms with Gasteiger partial charge >= 0.3 is 0 Å². The second-order valence-corrected chi connectivity index (χ2v) is 4.41. The van der Waals surface area contributed by atoms with Crippen molar-refractivity contribution in [2.24, 2.45) is 10.2 Å². The summed E-state index contributed by atoms with van der Waals surface area (Å²) < 4.78 is 0. The van der Waals surface area contributed by atoms with Crippen molar-refractivity contribution < 1.29 is 5.11 Å². The van der Waals surface area contributed by atoms with Crippen molar-refractivity contribution in [2.75, 3.05) is 0 Å². The van der Waals surface area contributed by atoms with E-state index >= 15 is 0 Å². The van der Waals surface area contributed by atoms with Crippen LogP contribution in [0.4, 0.5) is 11.4 Å². The van der Waals surface area contributed by atoms with Crippen LogP contribution in [0.5, 0.6) is 5.75 Å². The maximum Gasteiger partial charge on any atom is 0.121 e. The van der Waals surface area contributed by atoms with Gasteiger partial charge in [-0.25, -0.2) is 0 Å². The van der Waals surface area contributed by atoms with Gasteiger partial charge in [-0.3, -0.25) is 0 Å². The van der Waals surface area contributed by atoms with Crippen LogP contribution in [0, 0.1) is 20.8 Å². The fourth-order valence-corrected chi connectivity index (χ4v) is 1.78. The van der Waals surface area contributed by atoms with Crippen LogP contribution in [0.1, 0.15) is 16.7 Å². The first-order valence-corrected chi connectivity index (χ1v) is 5.85. The summed E-state index contributed by atoms with van der Waals surface area (Å²) in [5.74, 6) is 0.324. The molecule has 0 spiro atoms. The predicted molar refractivity (Wildman–Crippen MR) is 72.9 cm³/mol. The highest BCUT2D eigenvalue weighted by Crippen LogP contribution is 2.28. The highest BCUT2D eigenvalue weighted by Gasteiger charge is 2.02. The zero-order chi connectivity index (χ0) is 13.1. The number of nitrogens with zero attached hydrogens (tertiary/aromatic N) is 2. The number of hydrogen-bond acceptors (Lipinski definition) is 3. The lowest BCUT2D eigenvalue weighted by Gasteiger charge is -2.04. The van der Waals surface area contributed by atoms with E-state index in [1.807, 2.05) is 57.2 Å². The maximum atomic E-state index is 9.69. The molecule has 0 aliphatic heterocycles. The van der Waals surface area contributed by atoms with Gasteiger partial charge in [0, 0.05) is 0 Å². The number of phenols is 1. The molecule has 0 heterocycles. The van der Waals surface area contributed by atoms with Gasteiger partial charge in [0.2, 0.25) is 0 Å². The molecular formula is C15H16N2O. The maximum absolute atomic E-state index is 9.69. The van der Waals surface area contributed by atoms with Crippen molar-refractivity contribution in [2.45, 2.75) is 20.8 Å². The molecule has 0 unspecified atom stereocenters. The van der Waals surface area contributed by atoms with Crippen LogP contribution in [-0.2, 0) is 0 Å². The Morgan fingerprint density at radius 3 is 2.06 bits per heavy atom. The van der Waals surface area contributed by atoms with E-state index in [-0.39, 0.29) is 0 Å². The summed E-state index contributed by atoms with van der Waals surface area (Å²) >= 11 is 0. The molecule has 1 N–H and O–H groups in total. The van der Waals surface area contributed by atoms with E-state index in [1.54, 1.807) is 0 Å². The Labute approximate surface area is 107 Å². The number of rotatable bonds is 2. The summed E-state index contributed by atoms with van der Waals surface area (Å²) in [6.45, 7) is 5.71. The SMILES string of the molecule is Cc1ccccc1N=Nc1cc(C)c(O)c(C)c1. The van der Waals surface area contributed by atoms with Gasteiger partial charge in [-0.15, -0.1) is 0 Å². The van der Waals surface area contributed by atoms with Crippen molar-refractivity contribution in [3.8, 4) is 5.75 Å². The Kier molecular flexibility index (Phi) is 3.42. The van der Waals surface area contributed by atoms with Crippen LogP contribution in [-0.4, -0.2) is 5.11 Å². The van der Waals surface area contributed by atoms with Crippen LogP contribution >= 0.6 is 0 Å². The van der Waals surface area contributed by atoms with E-state index < -0.39 is 0 Å². The Bertz CT molecular complexity index is 580. The van der Waals surface area contributed by atoms with Crippen LogP contribution in [0.25, 0.3) is 0 Å². The Hall–Kier alpha value is -2.16. The van der Waals surface area contributed by atoms with Gasteiger partial charge in [-0.2, -0.15) is 10.2 Å². The van der Waals surface area contributed by atoms with Gasteiger partial charge in [0.05, 0.1) is 11.4 Å². The quantitative estimate of drug-likeness (QED) is 0.757. The molecule has 3 nitrogen and oxygen atoms in total. The molecule has 2 aromatic rings. The van der Waals surface area contributed by atoms with Crippen LogP contribution in [0.3, 0.4) is 0 Å². The normalized spacial score (nSPS) is 11.1. The molecule has 0 atom stereocenters. The summed E-state index contributed by atoms with van der Waals surface area (Å²) in [7, 11) is 0. The molecule has 0 saturated heterocycles. The van der Waals surface area contributed by atoms with E-state index in [2.05, 4.69) is 10.2 Å². The topological polar surface area (TPSA) is 45.0 Å². The van der Waals surface area contributed by atoms with E-state index in [9.17, 15) is 5.11 Å². The minimum Gasteiger partial charge on any atom is -0.507 e. The van der Waals surface area contributed by atoms with E-state index in [4.69, 9.17) is 0 Å². The number of phenolic OH excluding ortho intramolecular Hbond substituents is 1. The first kappa shape index (κ1) is 12.3. The first-order chi connectivity index (χ1) is 8.58. The van der Waals surface area contributed by atoms with E-state index in [0.717, 1.165) is 28.1 Å². The van der Waals surface area contributed by atoms with Gasteiger partial charge in [0.15, 0.2) is 0 Å². The van der Waals surface area contributed by atoms with Gasteiger partial charge in [-0.1, -0.05) is 18.2 Å². The smallest absolute Gasteiger partial charge is 0.121 e. The third-order valence-corrected chi connectivity index (χ3v) is 2.86. The fourth-order valence-electron chi connectivity index (χ4n) is 1.78. The lowest BCUT2D eigenvalue weighted by Crippen LogP contribution is -1.79. The highest BCUT2D eigenvalue weighted by atomic mass is 16.3. The zero-order valence-corrected chi connectivity index (χ0v) is 10.8.